The van der Waals surface area contributed by atoms with Crippen molar-refractivity contribution in [3.8, 4) is 6.07 Å². The lowest BCUT2D eigenvalue weighted by Gasteiger charge is -2.23. The number of likely N-dealkylation sites (tertiary alicyclic amines) is 1. The normalized spacial score (nSPS) is 28.3. The Morgan fingerprint density at radius 2 is 2.48 bits per heavy atom. The van der Waals surface area contributed by atoms with Gasteiger partial charge in [-0.05, 0) is 43.3 Å². The maximum atomic E-state index is 12.0. The smallest absolute Gasteiger partial charge is 0.226 e. The molecule has 112 valence electrons. The molecule has 1 aromatic rings. The van der Waals surface area contributed by atoms with Gasteiger partial charge in [-0.3, -0.25) is 9.69 Å². The fourth-order valence-corrected chi connectivity index (χ4v) is 4.23. The largest absolute Gasteiger partial charge is 0.317 e. The third kappa shape index (κ3) is 2.95. The first-order valence-corrected chi connectivity index (χ1v) is 8.29. The summed E-state index contributed by atoms with van der Waals surface area (Å²) in [5.74, 6) is 1.47. The van der Waals surface area contributed by atoms with Crippen molar-refractivity contribution < 1.29 is 4.79 Å². The molecule has 21 heavy (non-hydrogen) atoms. The summed E-state index contributed by atoms with van der Waals surface area (Å²) in [7, 11) is 0. The molecule has 2 aliphatic heterocycles. The van der Waals surface area contributed by atoms with Crippen LogP contribution in [0.25, 0.3) is 0 Å². The van der Waals surface area contributed by atoms with Crippen molar-refractivity contribution >= 4 is 22.2 Å². The number of rotatable bonds is 4. The summed E-state index contributed by atoms with van der Waals surface area (Å²) in [6.07, 6.45) is 0.486. The van der Waals surface area contributed by atoms with Crippen LogP contribution in [0, 0.1) is 23.2 Å². The van der Waals surface area contributed by atoms with Gasteiger partial charge in [0.2, 0.25) is 5.91 Å². The highest BCUT2D eigenvalue weighted by atomic mass is 32.1. The molecule has 3 atom stereocenters. The number of nitrogens with one attached hydrogen (secondary N) is 2. The van der Waals surface area contributed by atoms with E-state index in [1.807, 2.05) is 5.38 Å². The lowest BCUT2D eigenvalue weighted by molar-refractivity contribution is -0.116. The number of thiophene rings is 1. The van der Waals surface area contributed by atoms with Crippen LogP contribution in [0.5, 0.6) is 0 Å². The van der Waals surface area contributed by atoms with Crippen LogP contribution in [0.1, 0.15) is 18.9 Å². The fourth-order valence-electron chi connectivity index (χ4n) is 3.48. The first kappa shape index (κ1) is 14.5. The maximum Gasteiger partial charge on any atom is 0.226 e. The van der Waals surface area contributed by atoms with Crippen molar-refractivity contribution in [1.29, 1.82) is 5.26 Å². The van der Waals surface area contributed by atoms with Gasteiger partial charge in [0.25, 0.3) is 0 Å². The lowest BCUT2D eigenvalue weighted by atomic mass is 9.95. The number of nitriles is 1. The van der Waals surface area contributed by atoms with E-state index >= 15 is 0 Å². The van der Waals surface area contributed by atoms with Crippen LogP contribution < -0.4 is 10.6 Å². The Kier molecular flexibility index (Phi) is 4.24. The van der Waals surface area contributed by atoms with Crippen LogP contribution in [0.15, 0.2) is 11.4 Å². The first-order valence-electron chi connectivity index (χ1n) is 7.41. The Hall–Kier alpha value is -1.42. The summed E-state index contributed by atoms with van der Waals surface area (Å²) >= 11 is 1.40. The van der Waals surface area contributed by atoms with Gasteiger partial charge in [0.1, 0.15) is 11.1 Å². The SMILES string of the molecule is CC1C2CNCC2CN1CCC(=O)Nc1sccc1C#N. The molecule has 3 rings (SSSR count). The second kappa shape index (κ2) is 6.14. The molecule has 6 heteroatoms. The predicted octanol–water partition coefficient (Wildman–Crippen LogP) is 1.49. The lowest BCUT2D eigenvalue weighted by Crippen LogP contribution is -2.35. The second-order valence-electron chi connectivity index (χ2n) is 5.89. The minimum absolute atomic E-state index is 0.00339. The highest BCUT2D eigenvalue weighted by Gasteiger charge is 2.41. The first-order chi connectivity index (χ1) is 10.2. The zero-order valence-electron chi connectivity index (χ0n) is 12.1. The Balaban J connectivity index is 1.49. The fraction of sp³-hybridized carbons (Fsp3) is 0.600. The highest BCUT2D eigenvalue weighted by Crippen LogP contribution is 2.32. The molecule has 0 aliphatic carbocycles. The predicted molar refractivity (Wildman–Crippen MR) is 83.2 cm³/mol. The van der Waals surface area contributed by atoms with Gasteiger partial charge in [0, 0.05) is 25.6 Å². The molecule has 2 aliphatic rings. The minimum Gasteiger partial charge on any atom is -0.317 e. The van der Waals surface area contributed by atoms with Crippen molar-refractivity contribution in [2.75, 3.05) is 31.5 Å². The molecule has 0 bridgehead atoms. The summed E-state index contributed by atoms with van der Waals surface area (Å²) in [5.41, 5.74) is 0.545. The van der Waals surface area contributed by atoms with E-state index in [2.05, 4.69) is 28.5 Å². The molecule has 2 fully saturated rings. The van der Waals surface area contributed by atoms with Crippen molar-refractivity contribution in [2.45, 2.75) is 19.4 Å². The summed E-state index contributed by atoms with van der Waals surface area (Å²) in [6, 6.07) is 4.37. The maximum absolute atomic E-state index is 12.0. The standard InChI is InChI=1S/C15H20N4OS/c1-10-13-8-17-7-12(13)9-19(10)4-2-14(20)18-15-11(6-16)3-5-21-15/h3,5,10,12-13,17H,2,4,7-9H2,1H3,(H,18,20). The Morgan fingerprint density at radius 1 is 1.62 bits per heavy atom. The average molecular weight is 304 g/mol. The Morgan fingerprint density at radius 3 is 3.24 bits per heavy atom. The van der Waals surface area contributed by atoms with Crippen molar-refractivity contribution in [3.05, 3.63) is 17.0 Å². The van der Waals surface area contributed by atoms with E-state index < -0.39 is 0 Å². The van der Waals surface area contributed by atoms with Crippen LogP contribution in [0.4, 0.5) is 5.00 Å². The van der Waals surface area contributed by atoms with Gasteiger partial charge in [0.15, 0.2) is 0 Å². The van der Waals surface area contributed by atoms with E-state index in [1.165, 1.54) is 11.3 Å². The highest BCUT2D eigenvalue weighted by molar-refractivity contribution is 7.14. The van der Waals surface area contributed by atoms with Gasteiger partial charge in [-0.25, -0.2) is 0 Å². The monoisotopic (exact) mass is 304 g/mol. The number of fused-ring (bicyclic) bond motifs is 1. The summed E-state index contributed by atoms with van der Waals surface area (Å²) in [4.78, 5) is 14.5. The zero-order chi connectivity index (χ0) is 14.8. The number of carbonyl (C=O) groups is 1. The number of hydrogen-bond acceptors (Lipinski definition) is 5. The summed E-state index contributed by atoms with van der Waals surface area (Å²) in [5, 5.41) is 17.7. The van der Waals surface area contributed by atoms with E-state index in [0.29, 0.717) is 23.0 Å². The van der Waals surface area contributed by atoms with Gasteiger partial charge < -0.3 is 10.6 Å². The molecule has 3 heterocycles. The van der Waals surface area contributed by atoms with Crippen LogP contribution in [-0.4, -0.2) is 43.0 Å². The summed E-state index contributed by atoms with van der Waals surface area (Å²) in [6.45, 7) is 6.37. The molecule has 2 N–H and O–H groups in total. The molecule has 0 saturated carbocycles. The van der Waals surface area contributed by atoms with Crippen LogP contribution in [0.3, 0.4) is 0 Å². The topological polar surface area (TPSA) is 68.2 Å². The molecular formula is C15H20N4OS. The molecule has 2 saturated heterocycles. The van der Waals surface area contributed by atoms with Crippen LogP contribution in [-0.2, 0) is 4.79 Å². The molecule has 5 nitrogen and oxygen atoms in total. The third-order valence-corrected chi connectivity index (χ3v) is 5.55. The van der Waals surface area contributed by atoms with Gasteiger partial charge in [-0.15, -0.1) is 11.3 Å². The van der Waals surface area contributed by atoms with E-state index in [-0.39, 0.29) is 5.91 Å². The summed E-state index contributed by atoms with van der Waals surface area (Å²) < 4.78 is 0. The van der Waals surface area contributed by atoms with Crippen LogP contribution >= 0.6 is 11.3 Å². The molecule has 0 radical (unpaired) electrons. The van der Waals surface area contributed by atoms with Gasteiger partial charge in [0.05, 0.1) is 5.56 Å². The van der Waals surface area contributed by atoms with Gasteiger partial charge in [-0.2, -0.15) is 5.26 Å². The number of carbonyl (C=O) groups excluding carboxylic acids is 1. The van der Waals surface area contributed by atoms with Gasteiger partial charge in [-0.1, -0.05) is 0 Å². The molecule has 0 aromatic carbocycles. The third-order valence-electron chi connectivity index (χ3n) is 4.72. The quantitative estimate of drug-likeness (QED) is 0.884. The van der Waals surface area contributed by atoms with Crippen LogP contribution in [0.2, 0.25) is 0 Å². The molecular weight excluding hydrogens is 284 g/mol. The number of amides is 1. The number of anilines is 1. The molecule has 0 spiro atoms. The van der Waals surface area contributed by atoms with Gasteiger partial charge >= 0.3 is 0 Å². The Bertz CT molecular complexity index is 564. The number of nitrogens with zero attached hydrogens (tertiary/aromatic N) is 2. The average Bonchev–Trinajstić information content (AvgIpc) is 3.15. The molecule has 3 unspecified atom stereocenters. The van der Waals surface area contributed by atoms with E-state index in [0.717, 1.165) is 38.0 Å². The molecule has 1 amide bonds. The molecule has 1 aromatic heterocycles. The number of hydrogen-bond donors (Lipinski definition) is 2. The minimum atomic E-state index is -0.00339. The second-order valence-corrected chi connectivity index (χ2v) is 6.81. The van der Waals surface area contributed by atoms with E-state index in [4.69, 9.17) is 5.26 Å². The van der Waals surface area contributed by atoms with Crippen molar-refractivity contribution in [2.24, 2.45) is 11.8 Å². The zero-order valence-corrected chi connectivity index (χ0v) is 12.9. The van der Waals surface area contributed by atoms with E-state index in [9.17, 15) is 4.79 Å². The van der Waals surface area contributed by atoms with E-state index in [1.54, 1.807) is 6.07 Å². The van der Waals surface area contributed by atoms with Crippen molar-refractivity contribution in [1.82, 2.24) is 10.2 Å². The van der Waals surface area contributed by atoms with Crippen molar-refractivity contribution in [3.63, 3.8) is 0 Å². The Labute approximate surface area is 128 Å².